The van der Waals surface area contributed by atoms with Gasteiger partial charge in [-0.25, -0.2) is 8.78 Å². The molecule has 0 atom stereocenters. The van der Waals surface area contributed by atoms with Gasteiger partial charge < -0.3 is 15.6 Å². The largest absolute Gasteiger partial charge is 0.455 e. The average Bonchev–Trinajstić information content (AvgIpc) is 2.37. The number of nitrogens with two attached hydrogens (primary N) is 1. The van der Waals surface area contributed by atoms with Gasteiger partial charge in [0, 0.05) is 12.1 Å². The Labute approximate surface area is 102 Å². The van der Waals surface area contributed by atoms with Gasteiger partial charge in [0.05, 0.1) is 12.3 Å². The minimum absolute atomic E-state index is 0.0140. The number of hydrogen-bond donors (Lipinski definition) is 2. The number of ether oxygens (including phenoxy) is 1. The molecule has 0 radical (unpaired) electrons. The summed E-state index contributed by atoms with van der Waals surface area (Å²) >= 11 is 0. The van der Waals surface area contributed by atoms with E-state index in [0.717, 1.165) is 17.7 Å². The second-order valence-corrected chi connectivity index (χ2v) is 3.71. The average molecular weight is 251 g/mol. The minimum Gasteiger partial charge on any atom is -0.455 e. The van der Waals surface area contributed by atoms with Crippen LogP contribution in [0.4, 0.5) is 14.5 Å². The van der Waals surface area contributed by atoms with Crippen LogP contribution in [0.5, 0.6) is 11.5 Å². The third-order valence-electron chi connectivity index (χ3n) is 2.39. The van der Waals surface area contributed by atoms with Crippen molar-refractivity contribution >= 4 is 5.69 Å². The van der Waals surface area contributed by atoms with Crippen molar-refractivity contribution in [1.29, 1.82) is 0 Å². The van der Waals surface area contributed by atoms with Crippen molar-refractivity contribution in [2.75, 3.05) is 5.73 Å². The van der Waals surface area contributed by atoms with Gasteiger partial charge in [0.2, 0.25) is 0 Å². The molecule has 3 nitrogen and oxygen atoms in total. The highest BCUT2D eigenvalue weighted by atomic mass is 19.2. The van der Waals surface area contributed by atoms with Crippen LogP contribution in [0.25, 0.3) is 0 Å². The second-order valence-electron chi connectivity index (χ2n) is 3.71. The lowest BCUT2D eigenvalue weighted by atomic mass is 10.2. The molecule has 0 amide bonds. The SMILES string of the molecule is Nc1cc(F)c(F)cc1Oc1ccc(CO)cc1. The molecule has 0 fully saturated rings. The zero-order valence-corrected chi connectivity index (χ0v) is 9.36. The number of rotatable bonds is 3. The number of aliphatic hydroxyl groups is 1. The molecule has 0 saturated carbocycles. The third kappa shape index (κ3) is 2.57. The number of benzene rings is 2. The zero-order valence-electron chi connectivity index (χ0n) is 9.36. The van der Waals surface area contributed by atoms with Gasteiger partial charge in [-0.3, -0.25) is 0 Å². The van der Waals surface area contributed by atoms with Crippen LogP contribution in [0.2, 0.25) is 0 Å². The summed E-state index contributed by atoms with van der Waals surface area (Å²) in [6.07, 6.45) is 0. The fraction of sp³-hybridized carbons (Fsp3) is 0.0769. The van der Waals surface area contributed by atoms with Crippen LogP contribution in [0.3, 0.4) is 0 Å². The number of anilines is 1. The molecule has 0 aliphatic rings. The molecule has 0 bridgehead atoms. The molecule has 18 heavy (non-hydrogen) atoms. The van der Waals surface area contributed by atoms with Crippen LogP contribution < -0.4 is 10.5 Å². The number of nitrogen functional groups attached to an aromatic ring is 1. The molecule has 0 saturated heterocycles. The fourth-order valence-electron chi connectivity index (χ4n) is 1.42. The maximum absolute atomic E-state index is 13.0. The molecule has 2 aromatic carbocycles. The summed E-state index contributed by atoms with van der Waals surface area (Å²) in [5, 5.41) is 8.88. The lowest BCUT2D eigenvalue weighted by Crippen LogP contribution is -1.96. The van der Waals surface area contributed by atoms with E-state index in [-0.39, 0.29) is 18.0 Å². The minimum atomic E-state index is -1.02. The standard InChI is InChI=1S/C13H11F2NO2/c14-10-5-12(16)13(6-11(10)15)18-9-3-1-8(7-17)2-4-9/h1-6,17H,7,16H2. The van der Waals surface area contributed by atoms with Crippen LogP contribution in [0.15, 0.2) is 36.4 Å². The molecule has 2 aromatic rings. The van der Waals surface area contributed by atoms with E-state index in [0.29, 0.717) is 5.75 Å². The molecule has 0 aliphatic heterocycles. The fourth-order valence-corrected chi connectivity index (χ4v) is 1.42. The maximum atomic E-state index is 13.0. The smallest absolute Gasteiger partial charge is 0.162 e. The maximum Gasteiger partial charge on any atom is 0.162 e. The Morgan fingerprint density at radius 1 is 1.06 bits per heavy atom. The molecule has 5 heteroatoms. The molecule has 0 unspecified atom stereocenters. The van der Waals surface area contributed by atoms with Gasteiger partial charge in [0.15, 0.2) is 17.4 Å². The van der Waals surface area contributed by atoms with Gasteiger partial charge in [-0.15, -0.1) is 0 Å². The van der Waals surface area contributed by atoms with Crippen molar-refractivity contribution in [2.45, 2.75) is 6.61 Å². The van der Waals surface area contributed by atoms with Crippen molar-refractivity contribution < 1.29 is 18.6 Å². The van der Waals surface area contributed by atoms with E-state index in [1.165, 1.54) is 0 Å². The lowest BCUT2D eigenvalue weighted by molar-refractivity contribution is 0.281. The summed E-state index contributed by atoms with van der Waals surface area (Å²) in [6, 6.07) is 8.28. The first-order valence-corrected chi connectivity index (χ1v) is 5.22. The summed E-state index contributed by atoms with van der Waals surface area (Å²) in [5.74, 6) is -1.57. The molecule has 0 aliphatic carbocycles. The Hall–Kier alpha value is -2.14. The van der Waals surface area contributed by atoms with E-state index in [2.05, 4.69) is 0 Å². The quantitative estimate of drug-likeness (QED) is 0.825. The highest BCUT2D eigenvalue weighted by Crippen LogP contribution is 2.29. The number of halogens is 2. The summed E-state index contributed by atoms with van der Waals surface area (Å²) in [5.41, 5.74) is 6.26. The highest BCUT2D eigenvalue weighted by molar-refractivity contribution is 5.54. The topological polar surface area (TPSA) is 55.5 Å². The molecule has 0 heterocycles. The van der Waals surface area contributed by atoms with Gasteiger partial charge in [-0.2, -0.15) is 0 Å². The van der Waals surface area contributed by atoms with E-state index >= 15 is 0 Å². The van der Waals surface area contributed by atoms with E-state index < -0.39 is 11.6 Å². The molecule has 2 rings (SSSR count). The summed E-state index contributed by atoms with van der Waals surface area (Å²) < 4.78 is 31.2. The predicted molar refractivity (Wildman–Crippen MR) is 63.2 cm³/mol. The van der Waals surface area contributed by atoms with E-state index in [9.17, 15) is 8.78 Å². The van der Waals surface area contributed by atoms with Crippen LogP contribution in [0, 0.1) is 11.6 Å². The number of hydrogen-bond acceptors (Lipinski definition) is 3. The van der Waals surface area contributed by atoms with Gasteiger partial charge >= 0.3 is 0 Å². The normalized spacial score (nSPS) is 10.4. The van der Waals surface area contributed by atoms with Crippen LogP contribution >= 0.6 is 0 Å². The summed E-state index contributed by atoms with van der Waals surface area (Å²) in [6.45, 7) is -0.0758. The van der Waals surface area contributed by atoms with E-state index in [1.807, 2.05) is 0 Å². The Bertz CT molecular complexity index is 556. The van der Waals surface area contributed by atoms with Gasteiger partial charge in [0.1, 0.15) is 5.75 Å². The van der Waals surface area contributed by atoms with Crippen molar-refractivity contribution in [3.8, 4) is 11.5 Å². The summed E-state index contributed by atoms with van der Waals surface area (Å²) in [7, 11) is 0. The molecule has 3 N–H and O–H groups in total. The molecule has 0 spiro atoms. The molecule has 94 valence electrons. The lowest BCUT2D eigenvalue weighted by Gasteiger charge is -2.09. The second kappa shape index (κ2) is 5.01. The monoisotopic (exact) mass is 251 g/mol. The van der Waals surface area contributed by atoms with Gasteiger partial charge in [0.25, 0.3) is 0 Å². The first-order valence-electron chi connectivity index (χ1n) is 5.22. The third-order valence-corrected chi connectivity index (χ3v) is 2.39. The van der Waals surface area contributed by atoms with Crippen molar-refractivity contribution in [3.63, 3.8) is 0 Å². The van der Waals surface area contributed by atoms with Crippen molar-refractivity contribution in [2.24, 2.45) is 0 Å². The molecular weight excluding hydrogens is 240 g/mol. The Kier molecular flexibility index (Phi) is 3.43. The first kappa shape index (κ1) is 12.3. The molecular formula is C13H11F2NO2. The Morgan fingerprint density at radius 2 is 1.67 bits per heavy atom. The van der Waals surface area contributed by atoms with Gasteiger partial charge in [-0.05, 0) is 17.7 Å². The summed E-state index contributed by atoms with van der Waals surface area (Å²) in [4.78, 5) is 0. The number of aliphatic hydroxyl groups excluding tert-OH is 1. The van der Waals surface area contributed by atoms with Crippen molar-refractivity contribution in [3.05, 3.63) is 53.6 Å². The van der Waals surface area contributed by atoms with Crippen LogP contribution in [-0.4, -0.2) is 5.11 Å². The van der Waals surface area contributed by atoms with E-state index in [1.54, 1.807) is 24.3 Å². The first-order chi connectivity index (χ1) is 8.60. The van der Waals surface area contributed by atoms with Crippen molar-refractivity contribution in [1.82, 2.24) is 0 Å². The van der Waals surface area contributed by atoms with Crippen LogP contribution in [-0.2, 0) is 6.61 Å². The van der Waals surface area contributed by atoms with Crippen LogP contribution in [0.1, 0.15) is 5.56 Å². The molecule has 0 aromatic heterocycles. The highest BCUT2D eigenvalue weighted by Gasteiger charge is 2.09. The zero-order chi connectivity index (χ0) is 13.1. The predicted octanol–water partition coefficient (Wildman–Crippen LogP) is 2.83. The Balaban J connectivity index is 2.25. The Morgan fingerprint density at radius 3 is 2.28 bits per heavy atom. The van der Waals surface area contributed by atoms with E-state index in [4.69, 9.17) is 15.6 Å². The van der Waals surface area contributed by atoms with Gasteiger partial charge in [-0.1, -0.05) is 12.1 Å².